The van der Waals surface area contributed by atoms with E-state index in [4.69, 9.17) is 9.47 Å². The van der Waals surface area contributed by atoms with Crippen molar-refractivity contribution in [3.05, 3.63) is 12.3 Å². The van der Waals surface area contributed by atoms with Crippen molar-refractivity contribution in [3.63, 3.8) is 0 Å². The van der Waals surface area contributed by atoms with Crippen LogP contribution in [0.25, 0.3) is 0 Å². The molecule has 0 spiro atoms. The summed E-state index contributed by atoms with van der Waals surface area (Å²) in [6.07, 6.45) is 3.62. The monoisotopic (exact) mass is 320 g/mol. The van der Waals surface area contributed by atoms with Crippen molar-refractivity contribution < 1.29 is 14.3 Å². The van der Waals surface area contributed by atoms with Gasteiger partial charge in [0.1, 0.15) is 0 Å². The fraction of sp³-hybridized carbons (Fsp3) is 0.688. The highest BCUT2D eigenvalue weighted by Crippen LogP contribution is 2.24. The minimum atomic E-state index is 0.00312. The second-order valence-corrected chi connectivity index (χ2v) is 6.04. The van der Waals surface area contributed by atoms with Crippen molar-refractivity contribution in [1.82, 2.24) is 14.9 Å². The Bertz CT molecular complexity index is 546. The van der Waals surface area contributed by atoms with E-state index in [9.17, 15) is 4.79 Å². The van der Waals surface area contributed by atoms with E-state index < -0.39 is 0 Å². The maximum absolute atomic E-state index is 12.7. The number of amides is 1. The molecule has 126 valence electrons. The lowest BCUT2D eigenvalue weighted by Crippen LogP contribution is -2.52. The van der Waals surface area contributed by atoms with E-state index in [0.29, 0.717) is 24.9 Å². The van der Waals surface area contributed by atoms with E-state index in [1.807, 2.05) is 11.8 Å². The number of hydrogen-bond acceptors (Lipinski definition) is 6. The zero-order valence-electron chi connectivity index (χ0n) is 13.8. The van der Waals surface area contributed by atoms with Gasteiger partial charge in [-0.25, -0.2) is 4.98 Å². The van der Waals surface area contributed by atoms with Gasteiger partial charge in [-0.3, -0.25) is 4.79 Å². The molecule has 1 aromatic heterocycles. The number of methoxy groups -OCH3 is 1. The molecule has 7 heteroatoms. The number of anilines is 1. The van der Waals surface area contributed by atoms with E-state index in [1.54, 1.807) is 19.4 Å². The highest BCUT2D eigenvalue weighted by molar-refractivity contribution is 5.79. The number of hydrogen-bond donors (Lipinski definition) is 0. The molecular weight excluding hydrogens is 296 g/mol. The molecular formula is C16H24N4O3. The van der Waals surface area contributed by atoms with Crippen LogP contribution in [0.5, 0.6) is 5.88 Å². The van der Waals surface area contributed by atoms with Crippen LogP contribution in [0.3, 0.4) is 0 Å². The van der Waals surface area contributed by atoms with Crippen molar-refractivity contribution >= 4 is 11.9 Å². The number of ether oxygens (including phenoxy) is 2. The lowest BCUT2D eigenvalue weighted by Gasteiger charge is -2.38. The van der Waals surface area contributed by atoms with Crippen LogP contribution in [0.2, 0.25) is 0 Å². The first-order chi connectivity index (χ1) is 11.2. The number of carbonyl (C=O) groups is 1. The van der Waals surface area contributed by atoms with Gasteiger partial charge in [0, 0.05) is 45.0 Å². The molecule has 0 aromatic carbocycles. The molecule has 2 aliphatic rings. The molecule has 3 rings (SSSR count). The van der Waals surface area contributed by atoms with E-state index in [1.165, 1.54) is 0 Å². The Hall–Kier alpha value is -1.89. The van der Waals surface area contributed by atoms with Gasteiger partial charge >= 0.3 is 0 Å². The molecule has 2 aliphatic heterocycles. The summed E-state index contributed by atoms with van der Waals surface area (Å²) >= 11 is 0. The summed E-state index contributed by atoms with van der Waals surface area (Å²) in [4.78, 5) is 25.4. The van der Waals surface area contributed by atoms with Gasteiger partial charge in [-0.1, -0.05) is 0 Å². The third-order valence-corrected chi connectivity index (χ3v) is 4.62. The highest BCUT2D eigenvalue weighted by Gasteiger charge is 2.33. The number of aromatic nitrogens is 2. The highest BCUT2D eigenvalue weighted by atomic mass is 16.5. The Morgan fingerprint density at radius 1 is 1.35 bits per heavy atom. The van der Waals surface area contributed by atoms with E-state index in [-0.39, 0.29) is 17.9 Å². The van der Waals surface area contributed by atoms with Crippen LogP contribution in [0.15, 0.2) is 12.3 Å². The van der Waals surface area contributed by atoms with E-state index in [0.717, 1.165) is 32.5 Å². The maximum atomic E-state index is 12.7. The molecule has 23 heavy (non-hydrogen) atoms. The Balaban J connectivity index is 1.58. The van der Waals surface area contributed by atoms with Crippen molar-refractivity contribution in [2.75, 3.05) is 44.8 Å². The normalized spacial score (nSPS) is 25.3. The molecule has 2 fully saturated rings. The molecule has 0 saturated carbocycles. The third-order valence-electron chi connectivity index (χ3n) is 4.62. The fourth-order valence-electron chi connectivity index (χ4n) is 3.21. The summed E-state index contributed by atoms with van der Waals surface area (Å²) in [5, 5.41) is 0. The summed E-state index contributed by atoms with van der Waals surface area (Å²) in [6.45, 7) is 5.64. The van der Waals surface area contributed by atoms with Gasteiger partial charge in [-0.15, -0.1) is 0 Å². The predicted octanol–water partition coefficient (Wildman–Crippen LogP) is 0.949. The summed E-state index contributed by atoms with van der Waals surface area (Å²) in [6, 6.07) is 1.73. The smallest absolute Gasteiger partial charge is 0.228 e. The lowest BCUT2D eigenvalue weighted by molar-refractivity contribution is -0.144. The Kier molecular flexibility index (Phi) is 4.95. The van der Waals surface area contributed by atoms with E-state index in [2.05, 4.69) is 14.9 Å². The zero-order chi connectivity index (χ0) is 16.2. The number of carbonyl (C=O) groups excluding carboxylic acids is 1. The van der Waals surface area contributed by atoms with Gasteiger partial charge in [0.05, 0.1) is 19.1 Å². The van der Waals surface area contributed by atoms with Gasteiger partial charge in [-0.2, -0.15) is 4.98 Å². The summed E-state index contributed by atoms with van der Waals surface area (Å²) in [5.41, 5.74) is 0. The fourth-order valence-corrected chi connectivity index (χ4v) is 3.21. The SMILES string of the molecule is COc1ccnc(N2CCN(C(=O)[C@@H]3CCCO[C@H]3C)CC2)n1. The number of nitrogens with zero attached hydrogens (tertiary/aromatic N) is 4. The van der Waals surface area contributed by atoms with Crippen LogP contribution >= 0.6 is 0 Å². The van der Waals surface area contributed by atoms with Crippen LogP contribution in [0.1, 0.15) is 19.8 Å². The van der Waals surface area contributed by atoms with E-state index >= 15 is 0 Å². The maximum Gasteiger partial charge on any atom is 0.228 e. The van der Waals surface area contributed by atoms with Gasteiger partial charge in [0.25, 0.3) is 0 Å². The van der Waals surface area contributed by atoms with Crippen LogP contribution in [0.4, 0.5) is 5.95 Å². The molecule has 0 unspecified atom stereocenters. The summed E-state index contributed by atoms with van der Waals surface area (Å²) in [5.74, 6) is 1.44. The summed E-state index contributed by atoms with van der Waals surface area (Å²) < 4.78 is 10.8. The topological polar surface area (TPSA) is 67.8 Å². The average Bonchev–Trinajstić information content (AvgIpc) is 2.62. The minimum Gasteiger partial charge on any atom is -0.481 e. The molecule has 7 nitrogen and oxygen atoms in total. The second-order valence-electron chi connectivity index (χ2n) is 6.04. The molecule has 2 saturated heterocycles. The molecule has 1 amide bonds. The molecule has 3 heterocycles. The molecule has 1 aromatic rings. The van der Waals surface area contributed by atoms with Crippen molar-refractivity contribution in [1.29, 1.82) is 0 Å². The van der Waals surface area contributed by atoms with Crippen LogP contribution in [-0.4, -0.2) is 66.8 Å². The Morgan fingerprint density at radius 2 is 2.13 bits per heavy atom. The van der Waals surface area contributed by atoms with Crippen LogP contribution in [0, 0.1) is 5.92 Å². The molecule has 2 atom stereocenters. The molecule has 0 N–H and O–H groups in total. The third kappa shape index (κ3) is 3.55. The largest absolute Gasteiger partial charge is 0.481 e. The van der Waals surface area contributed by atoms with Crippen molar-refractivity contribution in [2.45, 2.75) is 25.9 Å². The zero-order valence-corrected chi connectivity index (χ0v) is 13.8. The quantitative estimate of drug-likeness (QED) is 0.826. The predicted molar refractivity (Wildman–Crippen MR) is 85.5 cm³/mol. The standard InChI is InChI=1S/C16H24N4O3/c1-12-13(4-3-11-23-12)15(21)19-7-9-20(10-8-19)16-17-6-5-14(18-16)22-2/h5-6,12-13H,3-4,7-11H2,1-2H3/t12-,13+/m0/s1. The number of piperazine rings is 1. The first-order valence-corrected chi connectivity index (χ1v) is 8.21. The molecule has 0 aliphatic carbocycles. The van der Waals surface area contributed by atoms with Gasteiger partial charge < -0.3 is 19.3 Å². The Morgan fingerprint density at radius 3 is 2.83 bits per heavy atom. The first kappa shape index (κ1) is 16.0. The van der Waals surface area contributed by atoms with Gasteiger partial charge in [0.2, 0.25) is 17.7 Å². The lowest BCUT2D eigenvalue weighted by atomic mass is 9.93. The molecule has 0 radical (unpaired) electrons. The van der Waals surface area contributed by atoms with Gasteiger partial charge in [-0.05, 0) is 19.8 Å². The average molecular weight is 320 g/mol. The molecule has 0 bridgehead atoms. The second kappa shape index (κ2) is 7.12. The number of rotatable bonds is 3. The minimum absolute atomic E-state index is 0.00312. The van der Waals surface area contributed by atoms with Crippen LogP contribution < -0.4 is 9.64 Å². The van der Waals surface area contributed by atoms with Gasteiger partial charge in [0.15, 0.2) is 0 Å². The van der Waals surface area contributed by atoms with Crippen molar-refractivity contribution in [3.8, 4) is 5.88 Å². The first-order valence-electron chi connectivity index (χ1n) is 8.21. The summed E-state index contributed by atoms with van der Waals surface area (Å²) in [7, 11) is 1.59. The Labute approximate surface area is 136 Å². The van der Waals surface area contributed by atoms with Crippen LogP contribution in [-0.2, 0) is 9.53 Å². The van der Waals surface area contributed by atoms with Crippen molar-refractivity contribution in [2.24, 2.45) is 5.92 Å².